The van der Waals surface area contributed by atoms with E-state index in [1.54, 1.807) is 23.2 Å². The molecular formula is C12H9N3O. The molecule has 0 atom stereocenters. The summed E-state index contributed by atoms with van der Waals surface area (Å²) in [5.41, 5.74) is 1.96. The fourth-order valence-electron chi connectivity index (χ4n) is 1.49. The van der Waals surface area contributed by atoms with Gasteiger partial charge in [-0.2, -0.15) is 5.26 Å². The highest BCUT2D eigenvalue weighted by Crippen LogP contribution is 2.09. The van der Waals surface area contributed by atoms with Crippen LogP contribution in [0.3, 0.4) is 0 Å². The first-order chi connectivity index (χ1) is 7.83. The van der Waals surface area contributed by atoms with Crippen molar-refractivity contribution in [2.75, 3.05) is 0 Å². The average Bonchev–Trinajstić information content (AvgIpc) is 2.77. The Labute approximate surface area is 92.8 Å². The normalized spacial score (nSPS) is 9.69. The Bertz CT molecular complexity index is 551. The molecule has 4 heteroatoms. The van der Waals surface area contributed by atoms with E-state index in [1.165, 1.54) is 0 Å². The minimum atomic E-state index is 0.398. The van der Waals surface area contributed by atoms with E-state index in [2.05, 4.69) is 11.1 Å². The molecule has 16 heavy (non-hydrogen) atoms. The SMILES string of the molecule is N#Cc1ccccc1Cn1cnc(C=O)c1. The number of hydrogen-bond acceptors (Lipinski definition) is 3. The maximum absolute atomic E-state index is 10.5. The van der Waals surface area contributed by atoms with E-state index in [-0.39, 0.29) is 0 Å². The van der Waals surface area contributed by atoms with Gasteiger partial charge in [0, 0.05) is 12.7 Å². The molecule has 1 heterocycles. The maximum Gasteiger partial charge on any atom is 0.169 e. The Morgan fingerprint density at radius 3 is 2.94 bits per heavy atom. The van der Waals surface area contributed by atoms with E-state index in [1.807, 2.05) is 18.2 Å². The van der Waals surface area contributed by atoms with Gasteiger partial charge in [-0.15, -0.1) is 0 Å². The Balaban J connectivity index is 2.27. The zero-order chi connectivity index (χ0) is 11.4. The second-order valence-electron chi connectivity index (χ2n) is 3.36. The number of carbonyl (C=O) groups is 1. The summed E-state index contributed by atoms with van der Waals surface area (Å²) in [4.78, 5) is 14.4. The lowest BCUT2D eigenvalue weighted by Gasteiger charge is -2.03. The van der Waals surface area contributed by atoms with Gasteiger partial charge in [0.1, 0.15) is 5.69 Å². The third-order valence-electron chi connectivity index (χ3n) is 2.26. The van der Waals surface area contributed by atoms with Crippen LogP contribution in [0.4, 0.5) is 0 Å². The van der Waals surface area contributed by atoms with Crippen LogP contribution in [0.25, 0.3) is 0 Å². The van der Waals surface area contributed by atoms with Crippen LogP contribution < -0.4 is 0 Å². The van der Waals surface area contributed by atoms with Crippen molar-refractivity contribution in [3.8, 4) is 6.07 Å². The Morgan fingerprint density at radius 1 is 1.44 bits per heavy atom. The predicted octanol–water partition coefficient (Wildman–Crippen LogP) is 1.62. The van der Waals surface area contributed by atoms with Gasteiger partial charge in [0.05, 0.1) is 18.0 Å². The standard InChI is InChI=1S/C12H9N3O/c13-5-10-3-1-2-4-11(10)6-15-7-12(8-16)14-9-15/h1-4,7-9H,6H2. The third kappa shape index (κ3) is 1.98. The molecule has 2 rings (SSSR count). The molecule has 0 saturated heterocycles. The summed E-state index contributed by atoms with van der Waals surface area (Å²) in [6.07, 6.45) is 3.94. The van der Waals surface area contributed by atoms with Crippen molar-refractivity contribution in [2.24, 2.45) is 0 Å². The molecule has 0 aliphatic heterocycles. The quantitative estimate of drug-likeness (QED) is 0.725. The van der Waals surface area contributed by atoms with Gasteiger partial charge in [0.15, 0.2) is 6.29 Å². The van der Waals surface area contributed by atoms with Gasteiger partial charge in [-0.3, -0.25) is 4.79 Å². The summed E-state index contributed by atoms with van der Waals surface area (Å²) >= 11 is 0. The molecule has 0 radical (unpaired) electrons. The van der Waals surface area contributed by atoms with Gasteiger partial charge in [-0.25, -0.2) is 4.98 Å². The molecule has 78 valence electrons. The van der Waals surface area contributed by atoms with Gasteiger partial charge < -0.3 is 4.57 Å². The van der Waals surface area contributed by atoms with Crippen LogP contribution in [-0.4, -0.2) is 15.8 Å². The van der Waals surface area contributed by atoms with Crippen molar-refractivity contribution < 1.29 is 4.79 Å². The van der Waals surface area contributed by atoms with Crippen molar-refractivity contribution in [1.82, 2.24) is 9.55 Å². The number of nitriles is 1. The molecular weight excluding hydrogens is 202 g/mol. The number of aldehydes is 1. The largest absolute Gasteiger partial charge is 0.332 e. The lowest BCUT2D eigenvalue weighted by atomic mass is 10.1. The highest BCUT2D eigenvalue weighted by Gasteiger charge is 2.02. The second kappa shape index (κ2) is 4.41. The van der Waals surface area contributed by atoms with E-state index in [4.69, 9.17) is 5.26 Å². The minimum Gasteiger partial charge on any atom is -0.332 e. The second-order valence-corrected chi connectivity index (χ2v) is 3.36. The van der Waals surface area contributed by atoms with Crippen molar-refractivity contribution >= 4 is 6.29 Å². The van der Waals surface area contributed by atoms with E-state index in [0.29, 0.717) is 24.1 Å². The molecule has 1 aromatic carbocycles. The van der Waals surface area contributed by atoms with Crippen LogP contribution in [0.2, 0.25) is 0 Å². The summed E-state index contributed by atoms with van der Waals surface area (Å²) in [6, 6.07) is 9.50. The van der Waals surface area contributed by atoms with Gasteiger partial charge in [0.2, 0.25) is 0 Å². The van der Waals surface area contributed by atoms with Crippen molar-refractivity contribution in [1.29, 1.82) is 5.26 Å². The number of benzene rings is 1. The van der Waals surface area contributed by atoms with Crippen molar-refractivity contribution in [3.05, 3.63) is 53.6 Å². The molecule has 1 aromatic heterocycles. The lowest BCUT2D eigenvalue weighted by Crippen LogP contribution is -1.98. The molecule has 0 N–H and O–H groups in total. The number of nitrogens with zero attached hydrogens (tertiary/aromatic N) is 3. The molecule has 4 nitrogen and oxygen atoms in total. The monoisotopic (exact) mass is 211 g/mol. The number of carbonyl (C=O) groups excluding carboxylic acids is 1. The summed E-state index contributed by atoms with van der Waals surface area (Å²) in [5.74, 6) is 0. The Hall–Kier alpha value is -2.41. The molecule has 0 aliphatic carbocycles. The summed E-state index contributed by atoms with van der Waals surface area (Å²) in [5, 5.41) is 8.92. The average molecular weight is 211 g/mol. The first-order valence-electron chi connectivity index (χ1n) is 4.78. The van der Waals surface area contributed by atoms with E-state index >= 15 is 0 Å². The van der Waals surface area contributed by atoms with Crippen LogP contribution in [0.1, 0.15) is 21.6 Å². The molecule has 2 aromatic rings. The van der Waals surface area contributed by atoms with Crippen LogP contribution in [0, 0.1) is 11.3 Å². The summed E-state index contributed by atoms with van der Waals surface area (Å²) in [7, 11) is 0. The molecule has 0 amide bonds. The zero-order valence-corrected chi connectivity index (χ0v) is 8.50. The van der Waals surface area contributed by atoms with Crippen LogP contribution in [-0.2, 0) is 6.54 Å². The fraction of sp³-hybridized carbons (Fsp3) is 0.0833. The third-order valence-corrected chi connectivity index (χ3v) is 2.26. The lowest BCUT2D eigenvalue weighted by molar-refractivity contribution is 0.111. The van der Waals surface area contributed by atoms with E-state index in [9.17, 15) is 4.79 Å². The van der Waals surface area contributed by atoms with Gasteiger partial charge in [0.25, 0.3) is 0 Å². The highest BCUT2D eigenvalue weighted by atomic mass is 16.1. The molecule has 0 spiro atoms. The zero-order valence-electron chi connectivity index (χ0n) is 8.50. The topological polar surface area (TPSA) is 58.7 Å². The fourth-order valence-corrected chi connectivity index (χ4v) is 1.49. The Kier molecular flexibility index (Phi) is 2.79. The number of aromatic nitrogens is 2. The van der Waals surface area contributed by atoms with Crippen molar-refractivity contribution in [3.63, 3.8) is 0 Å². The maximum atomic E-state index is 10.5. The smallest absolute Gasteiger partial charge is 0.169 e. The number of hydrogen-bond donors (Lipinski definition) is 0. The Morgan fingerprint density at radius 2 is 2.25 bits per heavy atom. The van der Waals surface area contributed by atoms with Gasteiger partial charge >= 0.3 is 0 Å². The molecule has 0 bridgehead atoms. The predicted molar refractivity (Wildman–Crippen MR) is 57.9 cm³/mol. The minimum absolute atomic E-state index is 0.398. The first kappa shape index (κ1) is 10.1. The van der Waals surface area contributed by atoms with Crippen molar-refractivity contribution in [2.45, 2.75) is 6.54 Å². The molecule has 0 aliphatic rings. The molecule has 0 unspecified atom stereocenters. The van der Waals surface area contributed by atoms with Gasteiger partial charge in [-0.05, 0) is 11.6 Å². The molecule has 0 saturated carbocycles. The van der Waals surface area contributed by atoms with E-state index < -0.39 is 0 Å². The summed E-state index contributed by atoms with van der Waals surface area (Å²) < 4.78 is 1.78. The molecule has 0 fully saturated rings. The van der Waals surface area contributed by atoms with Gasteiger partial charge in [-0.1, -0.05) is 18.2 Å². The van der Waals surface area contributed by atoms with Crippen LogP contribution >= 0.6 is 0 Å². The number of imidazole rings is 1. The number of rotatable bonds is 3. The first-order valence-corrected chi connectivity index (χ1v) is 4.78. The highest BCUT2D eigenvalue weighted by molar-refractivity contribution is 5.70. The van der Waals surface area contributed by atoms with E-state index in [0.717, 1.165) is 5.56 Å². The van der Waals surface area contributed by atoms with Crippen LogP contribution in [0.15, 0.2) is 36.8 Å². The summed E-state index contributed by atoms with van der Waals surface area (Å²) in [6.45, 7) is 0.546. The van der Waals surface area contributed by atoms with Crippen LogP contribution in [0.5, 0.6) is 0 Å².